The first kappa shape index (κ1) is 33.0. The Kier molecular flexibility index (Phi) is 10.5. The van der Waals surface area contributed by atoms with Crippen LogP contribution < -0.4 is 15.0 Å². The van der Waals surface area contributed by atoms with Crippen LogP contribution in [0.4, 0.5) is 13.2 Å². The van der Waals surface area contributed by atoms with Crippen molar-refractivity contribution < 1.29 is 32.2 Å². The van der Waals surface area contributed by atoms with Gasteiger partial charge in [0.2, 0.25) is 6.41 Å². The molecule has 2 aliphatic rings. The van der Waals surface area contributed by atoms with Gasteiger partial charge in [-0.1, -0.05) is 24.3 Å². The summed E-state index contributed by atoms with van der Waals surface area (Å²) in [7, 11) is 6.54. The largest absolute Gasteiger partial charge is 0.497 e. The highest BCUT2D eigenvalue weighted by atomic mass is 19.4. The van der Waals surface area contributed by atoms with Crippen LogP contribution in [0.3, 0.4) is 0 Å². The molecule has 2 atom stereocenters. The number of halogens is 3. The van der Waals surface area contributed by atoms with E-state index in [9.17, 15) is 27.6 Å². The van der Waals surface area contributed by atoms with Crippen LogP contribution in [0.15, 0.2) is 82.3 Å². The van der Waals surface area contributed by atoms with Crippen molar-refractivity contribution in [2.45, 2.75) is 38.0 Å². The summed E-state index contributed by atoms with van der Waals surface area (Å²) in [4.78, 5) is 36.9. The first-order chi connectivity index (χ1) is 21.4. The summed E-state index contributed by atoms with van der Waals surface area (Å²) in [5.74, 6) is 0.699. The first-order valence-corrected chi connectivity index (χ1v) is 14.2. The topological polar surface area (TPSA) is 93.4 Å². The van der Waals surface area contributed by atoms with E-state index >= 15 is 0 Å². The average molecular weight is 625 g/mol. The van der Waals surface area contributed by atoms with Crippen molar-refractivity contribution in [3.05, 3.63) is 99.5 Å². The van der Waals surface area contributed by atoms with Crippen molar-refractivity contribution in [3.8, 4) is 11.5 Å². The number of rotatable bonds is 7. The molecule has 5 rings (SSSR count). The number of methoxy groups -OCH3 is 2. The second-order valence-electron chi connectivity index (χ2n) is 10.8. The van der Waals surface area contributed by atoms with Gasteiger partial charge in [-0.25, -0.2) is 5.01 Å². The molecule has 0 radical (unpaired) electrons. The maximum absolute atomic E-state index is 13.6. The summed E-state index contributed by atoms with van der Waals surface area (Å²) in [6.45, 7) is -0.573. The van der Waals surface area contributed by atoms with Gasteiger partial charge in [0.15, 0.2) is 0 Å². The molecule has 2 amide bonds. The normalized spacial score (nSPS) is 18.3. The Labute approximate surface area is 259 Å². The summed E-state index contributed by atoms with van der Waals surface area (Å²) in [5, 5.41) is 6.09. The number of hydrazone groups is 1. The van der Waals surface area contributed by atoms with Crippen LogP contribution in [-0.2, 0) is 22.3 Å². The van der Waals surface area contributed by atoms with Crippen LogP contribution in [0.25, 0.3) is 6.08 Å². The first-order valence-electron chi connectivity index (χ1n) is 14.2. The molecule has 2 aromatic carbocycles. The lowest BCUT2D eigenvalue weighted by atomic mass is 9.77. The number of carbonyl (C=O) groups is 2. The summed E-state index contributed by atoms with van der Waals surface area (Å²) in [6.07, 6.45) is 1.25. The minimum atomic E-state index is -4.64. The quantitative estimate of drug-likeness (QED) is 0.328. The molecule has 2 unspecified atom stereocenters. The number of aromatic nitrogens is 1. The van der Waals surface area contributed by atoms with Gasteiger partial charge < -0.3 is 18.9 Å². The molecule has 1 aromatic heterocycles. The van der Waals surface area contributed by atoms with Crippen LogP contribution in [0.1, 0.15) is 42.0 Å². The Morgan fingerprint density at radius 3 is 2.16 bits per heavy atom. The maximum Gasteiger partial charge on any atom is 0.417 e. The van der Waals surface area contributed by atoms with Crippen molar-refractivity contribution in [1.82, 2.24) is 14.5 Å². The fraction of sp³-hybridized carbons (Fsp3) is 0.333. The van der Waals surface area contributed by atoms with Crippen LogP contribution >= 0.6 is 0 Å². The molecule has 1 fully saturated rings. The monoisotopic (exact) mass is 624 g/mol. The third kappa shape index (κ3) is 8.00. The minimum absolute atomic E-state index is 0.117. The van der Waals surface area contributed by atoms with Gasteiger partial charge in [0, 0.05) is 32.3 Å². The van der Waals surface area contributed by atoms with Crippen LogP contribution in [0, 0.1) is 5.92 Å². The van der Waals surface area contributed by atoms with Crippen molar-refractivity contribution >= 4 is 24.1 Å². The van der Waals surface area contributed by atoms with E-state index in [-0.39, 0.29) is 5.92 Å². The van der Waals surface area contributed by atoms with Crippen molar-refractivity contribution in [3.63, 3.8) is 0 Å². The molecule has 9 nitrogen and oxygen atoms in total. The van der Waals surface area contributed by atoms with E-state index in [0.717, 1.165) is 64.5 Å². The number of amides is 2. The molecule has 12 heteroatoms. The van der Waals surface area contributed by atoms with E-state index in [0.29, 0.717) is 18.0 Å². The summed E-state index contributed by atoms with van der Waals surface area (Å²) in [5.41, 5.74) is 1.84. The van der Waals surface area contributed by atoms with Gasteiger partial charge in [-0.2, -0.15) is 18.3 Å². The minimum Gasteiger partial charge on any atom is -0.497 e. The molecule has 1 aliphatic carbocycles. The van der Waals surface area contributed by atoms with E-state index in [1.54, 1.807) is 40.4 Å². The molecule has 0 saturated heterocycles. The molecule has 238 valence electrons. The zero-order valence-electron chi connectivity index (χ0n) is 25.5. The Morgan fingerprint density at radius 2 is 1.60 bits per heavy atom. The number of nitrogens with zero attached hydrogens (tertiary/aromatic N) is 4. The summed E-state index contributed by atoms with van der Waals surface area (Å²) >= 11 is 0. The maximum atomic E-state index is 13.6. The van der Waals surface area contributed by atoms with Crippen LogP contribution in [0.5, 0.6) is 11.5 Å². The van der Waals surface area contributed by atoms with Crippen LogP contribution in [0.2, 0.25) is 0 Å². The fourth-order valence-electron chi connectivity index (χ4n) is 5.28. The number of benzene rings is 2. The van der Waals surface area contributed by atoms with Crippen molar-refractivity contribution in [2.24, 2.45) is 11.0 Å². The molecular weight excluding hydrogens is 589 g/mol. The molecule has 1 aliphatic heterocycles. The number of hydrogen-bond donors (Lipinski definition) is 0. The van der Waals surface area contributed by atoms with Gasteiger partial charge in [0.25, 0.3) is 11.5 Å². The predicted molar refractivity (Wildman–Crippen MR) is 164 cm³/mol. The number of hydrogen-bond acceptors (Lipinski definition) is 6. The zero-order valence-corrected chi connectivity index (χ0v) is 25.5. The molecule has 0 bridgehead atoms. The van der Waals surface area contributed by atoms with Gasteiger partial charge in [-0.3, -0.25) is 14.4 Å². The standard InChI is InChI=1S/C30H28F3N3O4.C3H7NO/c1-39-23-11-6-19(7-12-23)16-21-4-3-5-25-28(21)34-36(29(25)20-8-13-24(40-2)14-9-20)27(38)18-35-17-22(30(31,32)33)10-15-26(35)37;1-4(2)3-5/h6-17,25,29H,3-5,18H2,1-2H3;3H,1-2H3. The van der Waals surface area contributed by atoms with E-state index in [2.05, 4.69) is 0 Å². The van der Waals surface area contributed by atoms with E-state index in [1.165, 1.54) is 9.91 Å². The molecule has 3 aromatic rings. The third-order valence-corrected chi connectivity index (χ3v) is 7.50. The van der Waals surface area contributed by atoms with E-state index in [1.807, 2.05) is 42.5 Å². The zero-order chi connectivity index (χ0) is 32.7. The lowest BCUT2D eigenvalue weighted by molar-refractivity contribution is -0.139. The SMILES string of the molecule is CN(C)C=O.COc1ccc(C=C2CCCC3C2=NN(C(=O)Cn2cc(C(F)(F)F)ccc2=O)C3c2ccc(OC)cc2)cc1. The van der Waals surface area contributed by atoms with E-state index < -0.39 is 35.8 Å². The number of pyridine rings is 1. The van der Waals surface area contributed by atoms with Crippen molar-refractivity contribution in [1.29, 1.82) is 0 Å². The Bertz CT molecular complexity index is 1610. The lowest BCUT2D eigenvalue weighted by Crippen LogP contribution is -2.36. The molecular formula is C33H35F3N4O5. The average Bonchev–Trinajstić information content (AvgIpc) is 3.43. The molecule has 0 N–H and O–H groups in total. The number of alkyl halides is 3. The van der Waals surface area contributed by atoms with Gasteiger partial charge in [-0.15, -0.1) is 0 Å². The molecule has 2 heterocycles. The van der Waals surface area contributed by atoms with Gasteiger partial charge in [0.05, 0.1) is 31.5 Å². The third-order valence-electron chi connectivity index (χ3n) is 7.50. The number of ether oxygens (including phenoxy) is 2. The molecule has 0 spiro atoms. The highest BCUT2D eigenvalue weighted by molar-refractivity contribution is 6.08. The lowest BCUT2D eigenvalue weighted by Gasteiger charge is -2.30. The molecule has 45 heavy (non-hydrogen) atoms. The highest BCUT2D eigenvalue weighted by Crippen LogP contribution is 2.44. The highest BCUT2D eigenvalue weighted by Gasteiger charge is 2.44. The molecule has 1 saturated carbocycles. The Balaban J connectivity index is 0.000000854. The summed E-state index contributed by atoms with van der Waals surface area (Å²) in [6, 6.07) is 16.0. The summed E-state index contributed by atoms with van der Waals surface area (Å²) < 4.78 is 51.2. The van der Waals surface area contributed by atoms with E-state index in [4.69, 9.17) is 14.6 Å². The predicted octanol–water partition coefficient (Wildman–Crippen LogP) is 5.41. The number of allylic oxidation sites excluding steroid dienone is 1. The van der Waals surface area contributed by atoms with Crippen LogP contribution in [-0.4, -0.2) is 60.8 Å². The Morgan fingerprint density at radius 1 is 1.00 bits per heavy atom. The van der Waals surface area contributed by atoms with Gasteiger partial charge in [0.1, 0.15) is 18.0 Å². The smallest absolute Gasteiger partial charge is 0.417 e. The second kappa shape index (κ2) is 14.3. The fourth-order valence-corrected chi connectivity index (χ4v) is 5.28. The number of carbonyl (C=O) groups excluding carboxylic acids is 2. The number of fused-ring (bicyclic) bond motifs is 1. The van der Waals surface area contributed by atoms with Gasteiger partial charge >= 0.3 is 6.18 Å². The Hall–Kier alpha value is -4.87. The second-order valence-corrected chi connectivity index (χ2v) is 10.8. The van der Waals surface area contributed by atoms with Crippen molar-refractivity contribution in [2.75, 3.05) is 28.3 Å². The van der Waals surface area contributed by atoms with Gasteiger partial charge in [-0.05, 0) is 72.4 Å².